The van der Waals surface area contributed by atoms with E-state index < -0.39 is 0 Å². The molecule has 138 valence electrons. The number of nitrogens with zero attached hydrogens (tertiary/aromatic N) is 3. The molecule has 26 heavy (non-hydrogen) atoms. The molecule has 1 aromatic carbocycles. The van der Waals surface area contributed by atoms with Crippen molar-refractivity contribution in [3.63, 3.8) is 0 Å². The summed E-state index contributed by atoms with van der Waals surface area (Å²) in [6.45, 7) is 6.96. The van der Waals surface area contributed by atoms with Crippen molar-refractivity contribution in [3.05, 3.63) is 54.2 Å². The van der Waals surface area contributed by atoms with E-state index >= 15 is 0 Å². The van der Waals surface area contributed by atoms with Gasteiger partial charge in [0.05, 0.1) is 13.1 Å². The minimum Gasteiger partial charge on any atom is -0.492 e. The Kier molecular flexibility index (Phi) is 6.44. The Morgan fingerprint density at radius 1 is 1.15 bits per heavy atom. The van der Waals surface area contributed by atoms with Crippen molar-refractivity contribution in [2.45, 2.75) is 6.92 Å². The van der Waals surface area contributed by atoms with E-state index in [-0.39, 0.29) is 5.91 Å². The normalized spacial score (nSPS) is 14.9. The molecule has 1 aromatic heterocycles. The van der Waals surface area contributed by atoms with Gasteiger partial charge >= 0.3 is 0 Å². The first-order valence-electron chi connectivity index (χ1n) is 9.05. The summed E-state index contributed by atoms with van der Waals surface area (Å²) in [5, 5.41) is 2.93. The Morgan fingerprint density at radius 3 is 2.73 bits per heavy atom. The first-order chi connectivity index (χ1) is 12.7. The number of pyridine rings is 1. The summed E-state index contributed by atoms with van der Waals surface area (Å²) >= 11 is 0. The fourth-order valence-corrected chi connectivity index (χ4v) is 3.00. The zero-order valence-electron chi connectivity index (χ0n) is 15.2. The van der Waals surface area contributed by atoms with Crippen LogP contribution in [0.2, 0.25) is 0 Å². The van der Waals surface area contributed by atoms with Crippen molar-refractivity contribution < 1.29 is 9.53 Å². The molecule has 0 atom stereocenters. The lowest BCUT2D eigenvalue weighted by molar-refractivity contribution is -0.122. The summed E-state index contributed by atoms with van der Waals surface area (Å²) in [5.74, 6) is 1.89. The number of hydrogen-bond donors (Lipinski definition) is 1. The first kappa shape index (κ1) is 18.2. The predicted molar refractivity (Wildman–Crippen MR) is 103 cm³/mol. The molecule has 6 nitrogen and oxygen atoms in total. The maximum atomic E-state index is 12.1. The van der Waals surface area contributed by atoms with Crippen molar-refractivity contribution in [2.75, 3.05) is 50.8 Å². The number of ether oxygens (including phenoxy) is 1. The van der Waals surface area contributed by atoms with Gasteiger partial charge in [-0.15, -0.1) is 0 Å². The van der Waals surface area contributed by atoms with Gasteiger partial charge in [0.2, 0.25) is 5.91 Å². The quantitative estimate of drug-likeness (QED) is 0.767. The van der Waals surface area contributed by atoms with Gasteiger partial charge in [-0.3, -0.25) is 9.69 Å². The molecule has 1 N–H and O–H groups in total. The molecule has 6 heteroatoms. The maximum absolute atomic E-state index is 12.1. The summed E-state index contributed by atoms with van der Waals surface area (Å²) < 4.78 is 5.65. The molecule has 0 unspecified atom stereocenters. The van der Waals surface area contributed by atoms with E-state index in [2.05, 4.69) is 20.1 Å². The van der Waals surface area contributed by atoms with Gasteiger partial charge in [0.15, 0.2) is 0 Å². The maximum Gasteiger partial charge on any atom is 0.234 e. The Morgan fingerprint density at radius 2 is 2.00 bits per heavy atom. The molecule has 0 radical (unpaired) electrons. The second-order valence-electron chi connectivity index (χ2n) is 6.47. The van der Waals surface area contributed by atoms with E-state index in [1.54, 1.807) is 0 Å². The molecule has 2 aromatic rings. The monoisotopic (exact) mass is 354 g/mol. The van der Waals surface area contributed by atoms with E-state index in [0.29, 0.717) is 19.7 Å². The number of aryl methyl sites for hydroxylation is 1. The lowest BCUT2D eigenvalue weighted by Crippen LogP contribution is -2.50. The van der Waals surface area contributed by atoms with E-state index in [1.807, 2.05) is 55.6 Å². The molecule has 0 bridgehead atoms. The molecule has 1 aliphatic rings. The third kappa shape index (κ3) is 5.46. The number of benzene rings is 1. The van der Waals surface area contributed by atoms with Crippen LogP contribution in [0, 0.1) is 6.92 Å². The van der Waals surface area contributed by atoms with Crippen LogP contribution in [0.5, 0.6) is 5.75 Å². The number of rotatable bonds is 7. The molecular weight excluding hydrogens is 328 g/mol. The van der Waals surface area contributed by atoms with Crippen LogP contribution in [0.25, 0.3) is 0 Å². The highest BCUT2D eigenvalue weighted by Gasteiger charge is 2.19. The van der Waals surface area contributed by atoms with Crippen molar-refractivity contribution in [2.24, 2.45) is 0 Å². The average Bonchev–Trinajstić information content (AvgIpc) is 2.67. The fourth-order valence-electron chi connectivity index (χ4n) is 3.00. The van der Waals surface area contributed by atoms with Gasteiger partial charge in [-0.25, -0.2) is 4.98 Å². The highest BCUT2D eigenvalue weighted by Crippen LogP contribution is 2.13. The molecular formula is C20H26N4O2. The summed E-state index contributed by atoms with van der Waals surface area (Å²) in [5.41, 5.74) is 1.16. The fraction of sp³-hybridized carbons (Fsp3) is 0.400. The largest absolute Gasteiger partial charge is 0.492 e. The summed E-state index contributed by atoms with van der Waals surface area (Å²) in [6, 6.07) is 13.9. The number of amides is 1. The lowest BCUT2D eigenvalue weighted by Gasteiger charge is -2.34. The average molecular weight is 354 g/mol. The van der Waals surface area contributed by atoms with Gasteiger partial charge in [-0.05, 0) is 36.8 Å². The number of piperazine rings is 1. The minimum atomic E-state index is 0.0455. The predicted octanol–water partition coefficient (Wildman–Crippen LogP) is 1.71. The Bertz CT molecular complexity index is 700. The molecule has 1 fully saturated rings. The van der Waals surface area contributed by atoms with Crippen LogP contribution in [0.15, 0.2) is 48.7 Å². The smallest absolute Gasteiger partial charge is 0.234 e. The number of carbonyl (C=O) groups is 1. The third-order valence-electron chi connectivity index (χ3n) is 4.40. The number of hydrogen-bond acceptors (Lipinski definition) is 5. The van der Waals surface area contributed by atoms with Gasteiger partial charge in [0.1, 0.15) is 18.2 Å². The second kappa shape index (κ2) is 9.20. The highest BCUT2D eigenvalue weighted by molar-refractivity contribution is 5.78. The van der Waals surface area contributed by atoms with Gasteiger partial charge in [-0.2, -0.15) is 0 Å². The first-order valence-corrected chi connectivity index (χ1v) is 9.05. The van der Waals surface area contributed by atoms with Crippen LogP contribution in [0.4, 0.5) is 5.82 Å². The van der Waals surface area contributed by atoms with Gasteiger partial charge in [0.25, 0.3) is 0 Å². The molecule has 2 heterocycles. The van der Waals surface area contributed by atoms with Crippen LogP contribution in [-0.2, 0) is 4.79 Å². The molecule has 0 saturated carbocycles. The van der Waals surface area contributed by atoms with Gasteiger partial charge in [0, 0.05) is 32.4 Å². The summed E-state index contributed by atoms with van der Waals surface area (Å²) in [4.78, 5) is 20.9. The van der Waals surface area contributed by atoms with E-state index in [4.69, 9.17) is 4.74 Å². The number of nitrogens with one attached hydrogen (secondary N) is 1. The van der Waals surface area contributed by atoms with Crippen LogP contribution in [0.1, 0.15) is 5.56 Å². The zero-order valence-corrected chi connectivity index (χ0v) is 15.2. The SMILES string of the molecule is Cc1cccc(OCCNC(=O)CN2CCN(c3ccccn3)CC2)c1. The molecule has 0 spiro atoms. The van der Waals surface area contributed by atoms with Crippen molar-refractivity contribution >= 4 is 11.7 Å². The van der Waals surface area contributed by atoms with Crippen LogP contribution in [-0.4, -0.2) is 61.7 Å². The van der Waals surface area contributed by atoms with E-state index in [0.717, 1.165) is 43.3 Å². The van der Waals surface area contributed by atoms with Crippen LogP contribution >= 0.6 is 0 Å². The standard InChI is InChI=1S/C20H26N4O2/c1-17-5-4-6-18(15-17)26-14-9-22-20(25)16-23-10-12-24(13-11-23)19-7-2-3-8-21-19/h2-8,15H,9-14,16H2,1H3,(H,22,25). The Balaban J connectivity index is 1.32. The molecule has 1 amide bonds. The lowest BCUT2D eigenvalue weighted by atomic mass is 10.2. The summed E-state index contributed by atoms with van der Waals surface area (Å²) in [6.07, 6.45) is 1.81. The molecule has 0 aliphatic carbocycles. The summed E-state index contributed by atoms with van der Waals surface area (Å²) in [7, 11) is 0. The van der Waals surface area contributed by atoms with Gasteiger partial charge < -0.3 is 15.0 Å². The number of aromatic nitrogens is 1. The minimum absolute atomic E-state index is 0.0455. The van der Waals surface area contributed by atoms with Gasteiger partial charge in [-0.1, -0.05) is 18.2 Å². The van der Waals surface area contributed by atoms with Crippen molar-refractivity contribution in [1.29, 1.82) is 0 Å². The van der Waals surface area contributed by atoms with Crippen LogP contribution < -0.4 is 15.0 Å². The Hall–Kier alpha value is -2.60. The molecule has 1 aliphatic heterocycles. The number of anilines is 1. The highest BCUT2D eigenvalue weighted by atomic mass is 16.5. The molecule has 3 rings (SSSR count). The van der Waals surface area contributed by atoms with Crippen molar-refractivity contribution in [1.82, 2.24) is 15.2 Å². The van der Waals surface area contributed by atoms with Crippen molar-refractivity contribution in [3.8, 4) is 5.75 Å². The number of carbonyl (C=O) groups excluding carboxylic acids is 1. The third-order valence-corrected chi connectivity index (χ3v) is 4.40. The van der Waals surface area contributed by atoms with E-state index in [1.165, 1.54) is 0 Å². The zero-order chi connectivity index (χ0) is 18.2. The molecule has 1 saturated heterocycles. The second-order valence-corrected chi connectivity index (χ2v) is 6.47. The van der Waals surface area contributed by atoms with E-state index in [9.17, 15) is 4.79 Å². The van der Waals surface area contributed by atoms with Crippen LogP contribution in [0.3, 0.4) is 0 Å². The topological polar surface area (TPSA) is 57.7 Å². The Labute approximate surface area is 154 Å².